The first-order chi connectivity index (χ1) is 27.9. The lowest BCUT2D eigenvalue weighted by Gasteiger charge is -2.12. The fraction of sp³-hybridized carbons (Fsp3) is 0.100. The van der Waals surface area contributed by atoms with Gasteiger partial charge in [-0.1, -0.05) is 12.1 Å². The van der Waals surface area contributed by atoms with Crippen LogP contribution < -0.4 is 42.6 Å². The van der Waals surface area contributed by atoms with E-state index in [0.29, 0.717) is 34.2 Å². The molecule has 2 heterocycles. The Balaban J connectivity index is 0.000000220. The molecule has 0 radical (unpaired) electrons. The van der Waals surface area contributed by atoms with Crippen LogP contribution in [0.5, 0.6) is 11.5 Å². The van der Waals surface area contributed by atoms with Crippen molar-refractivity contribution in [2.45, 2.75) is 13.1 Å². The normalized spacial score (nSPS) is 10.2. The van der Waals surface area contributed by atoms with E-state index in [0.717, 1.165) is 12.1 Å². The van der Waals surface area contributed by atoms with E-state index < -0.39 is 41.0 Å². The fourth-order valence-electron chi connectivity index (χ4n) is 4.51. The zero-order chi connectivity index (χ0) is 43.7. The number of hydrogen-bond donors (Lipinski definition) is 7. The lowest BCUT2D eigenvalue weighted by Crippen LogP contribution is -2.13. The van der Waals surface area contributed by atoms with Crippen LogP contribution in [0, 0.1) is 5.82 Å². The van der Waals surface area contributed by atoms with Gasteiger partial charge in [0, 0.05) is 41.8 Å². The molecule has 6 rings (SSSR count). The van der Waals surface area contributed by atoms with E-state index in [1.807, 2.05) is 0 Å². The van der Waals surface area contributed by atoms with Gasteiger partial charge in [-0.05, 0) is 78.9 Å². The number of halogens is 4. The molecule has 0 aliphatic rings. The number of carboxylic acids is 1. The van der Waals surface area contributed by atoms with Gasteiger partial charge in [0.2, 0.25) is 11.7 Å². The predicted molar refractivity (Wildman–Crippen MR) is 212 cm³/mol. The summed E-state index contributed by atoms with van der Waals surface area (Å²) >= 11 is 0. The first-order valence-electron chi connectivity index (χ1n) is 16.7. The minimum Gasteiger partial charge on any atom is -0.495 e. The van der Waals surface area contributed by atoms with E-state index in [-0.39, 0.29) is 28.7 Å². The maximum Gasteiger partial charge on any atom is 0.418 e. The SMILES string of the molecule is COc1cc(NC(=O)c2ccccc2F)ccc1N.COc1cc(NC(C)=O)ccc1N.Nc1ccc(NC(=O)c2ccco2)cc1C(F)(F)F.O=C(O)c1ccco1. The Labute approximate surface area is 333 Å². The monoisotopic (exact) mass is 822 g/mol. The first-order valence-corrected chi connectivity index (χ1v) is 16.7. The lowest BCUT2D eigenvalue weighted by molar-refractivity contribution is -0.136. The van der Waals surface area contributed by atoms with Crippen LogP contribution in [0.4, 0.5) is 51.7 Å². The number of rotatable bonds is 8. The molecule has 59 heavy (non-hydrogen) atoms. The zero-order valence-corrected chi connectivity index (χ0v) is 31.4. The number of hydrogen-bond acceptors (Lipinski definition) is 11. The number of carboxylic acid groups (broad SMARTS) is 1. The standard InChI is InChI=1S/C14H13FN2O2.C12H9F3N2O2.C9H12N2O2.C5H4O3/c1-19-13-8-9(6-7-12(13)16)17-14(18)10-4-2-3-5-11(10)15;13-12(14,15)8-6-7(3-4-9(8)16)17-11(18)10-2-1-5-19-10;1-6(12)11-7-3-4-8(10)9(5-7)13-2;6-5(7)4-2-1-3-8-4/h2-8H,16H2,1H3,(H,17,18);1-6H,16H2,(H,17,18);3-5H,10H2,1-2H3,(H,11,12);1-3H,(H,6,7). The number of carbonyl (C=O) groups excluding carboxylic acids is 3. The quantitative estimate of drug-likeness (QED) is 0.0570. The van der Waals surface area contributed by atoms with Gasteiger partial charge in [0.25, 0.3) is 11.8 Å². The average molecular weight is 823 g/mol. The van der Waals surface area contributed by atoms with Crippen LogP contribution in [0.1, 0.15) is 44.0 Å². The number of nitrogens with one attached hydrogen (secondary N) is 3. The van der Waals surface area contributed by atoms with Crippen LogP contribution in [-0.4, -0.2) is 43.0 Å². The Bertz CT molecular complexity index is 2340. The molecule has 0 bridgehead atoms. The molecule has 19 heteroatoms. The van der Waals surface area contributed by atoms with Gasteiger partial charge in [-0.15, -0.1) is 0 Å². The van der Waals surface area contributed by atoms with Gasteiger partial charge >= 0.3 is 12.1 Å². The van der Waals surface area contributed by atoms with Crippen LogP contribution in [0.2, 0.25) is 0 Å². The van der Waals surface area contributed by atoms with Crippen molar-refractivity contribution in [2.75, 3.05) is 47.4 Å². The Morgan fingerprint density at radius 2 is 1.10 bits per heavy atom. The zero-order valence-electron chi connectivity index (χ0n) is 31.4. The van der Waals surface area contributed by atoms with Crippen molar-refractivity contribution in [2.24, 2.45) is 0 Å². The summed E-state index contributed by atoms with van der Waals surface area (Å²) in [5, 5.41) is 15.7. The summed E-state index contributed by atoms with van der Waals surface area (Å²) in [5.74, 6) is -1.88. The Morgan fingerprint density at radius 3 is 1.54 bits per heavy atom. The highest BCUT2D eigenvalue weighted by atomic mass is 19.4. The largest absolute Gasteiger partial charge is 0.495 e. The van der Waals surface area contributed by atoms with Gasteiger partial charge in [-0.3, -0.25) is 14.4 Å². The highest BCUT2D eigenvalue weighted by molar-refractivity contribution is 6.04. The summed E-state index contributed by atoms with van der Waals surface area (Å²) in [4.78, 5) is 44.2. The molecule has 15 nitrogen and oxygen atoms in total. The molecule has 310 valence electrons. The number of carbonyl (C=O) groups is 4. The van der Waals surface area contributed by atoms with E-state index in [2.05, 4.69) is 20.4 Å². The van der Waals surface area contributed by atoms with Crippen LogP contribution >= 0.6 is 0 Å². The van der Waals surface area contributed by atoms with Crippen molar-refractivity contribution in [3.05, 3.63) is 144 Å². The van der Waals surface area contributed by atoms with Gasteiger partial charge in [-0.2, -0.15) is 13.2 Å². The number of aromatic carboxylic acids is 1. The third kappa shape index (κ3) is 14.2. The summed E-state index contributed by atoms with van der Waals surface area (Å²) < 4.78 is 70.7. The highest BCUT2D eigenvalue weighted by Gasteiger charge is 2.33. The molecule has 6 aromatic rings. The molecule has 0 saturated heterocycles. The maximum absolute atomic E-state index is 13.4. The number of nitrogen functional groups attached to an aromatic ring is 3. The van der Waals surface area contributed by atoms with E-state index in [1.54, 1.807) is 42.5 Å². The topological polar surface area (TPSA) is 247 Å². The van der Waals surface area contributed by atoms with E-state index in [1.165, 1.54) is 82.2 Å². The van der Waals surface area contributed by atoms with Crippen LogP contribution in [0.15, 0.2) is 124 Å². The lowest BCUT2D eigenvalue weighted by atomic mass is 10.1. The van der Waals surface area contributed by atoms with Crippen molar-refractivity contribution in [1.29, 1.82) is 0 Å². The minimum absolute atomic E-state index is 0.00498. The number of alkyl halides is 3. The Kier molecular flexibility index (Phi) is 16.5. The number of benzene rings is 4. The van der Waals surface area contributed by atoms with Crippen molar-refractivity contribution in [3.8, 4) is 11.5 Å². The minimum atomic E-state index is -4.57. The molecule has 0 aliphatic heterocycles. The third-order valence-corrected chi connectivity index (χ3v) is 7.26. The molecule has 0 atom stereocenters. The summed E-state index contributed by atoms with van der Waals surface area (Å²) in [7, 11) is 3.01. The first kappa shape index (κ1) is 45.4. The number of furan rings is 2. The third-order valence-electron chi connectivity index (χ3n) is 7.26. The second-order valence-corrected chi connectivity index (χ2v) is 11.5. The summed E-state index contributed by atoms with van der Waals surface area (Å²) in [6.07, 6.45) is -1.96. The molecule has 0 spiro atoms. The number of methoxy groups -OCH3 is 2. The van der Waals surface area contributed by atoms with Crippen molar-refractivity contribution in [3.63, 3.8) is 0 Å². The Morgan fingerprint density at radius 1 is 0.627 bits per heavy atom. The highest BCUT2D eigenvalue weighted by Crippen LogP contribution is 2.35. The molecular formula is C40H38F4N6O9. The molecule has 10 N–H and O–H groups in total. The average Bonchev–Trinajstić information content (AvgIpc) is 3.94. The van der Waals surface area contributed by atoms with E-state index in [4.69, 9.17) is 36.2 Å². The molecule has 0 saturated carbocycles. The van der Waals surface area contributed by atoms with E-state index >= 15 is 0 Å². The second-order valence-electron chi connectivity index (χ2n) is 11.5. The van der Waals surface area contributed by atoms with Crippen molar-refractivity contribution < 1.29 is 60.2 Å². The van der Waals surface area contributed by atoms with Crippen LogP contribution in [0.25, 0.3) is 0 Å². The van der Waals surface area contributed by atoms with Crippen molar-refractivity contribution in [1.82, 2.24) is 0 Å². The maximum atomic E-state index is 13.4. The smallest absolute Gasteiger partial charge is 0.418 e. The fourth-order valence-corrected chi connectivity index (χ4v) is 4.51. The molecule has 2 aromatic heterocycles. The van der Waals surface area contributed by atoms with Crippen LogP contribution in [0.3, 0.4) is 0 Å². The van der Waals surface area contributed by atoms with E-state index in [9.17, 15) is 36.7 Å². The van der Waals surface area contributed by atoms with Gasteiger partial charge in [-0.25, -0.2) is 9.18 Å². The molecule has 0 unspecified atom stereocenters. The second kappa shape index (κ2) is 21.4. The number of nitrogens with two attached hydrogens (primary N) is 3. The van der Waals surface area contributed by atoms with Gasteiger partial charge in [0.1, 0.15) is 17.3 Å². The number of ether oxygens (including phenoxy) is 2. The molecule has 0 fully saturated rings. The Hall–Kier alpha value is -7.96. The van der Waals surface area contributed by atoms with Gasteiger partial charge < -0.3 is 56.6 Å². The predicted octanol–water partition coefficient (Wildman–Crippen LogP) is 8.02. The summed E-state index contributed by atoms with van der Waals surface area (Å²) in [6, 6.07) is 24.6. The van der Waals surface area contributed by atoms with Gasteiger partial charge in [0.15, 0.2) is 5.76 Å². The van der Waals surface area contributed by atoms with Crippen molar-refractivity contribution >= 4 is 57.8 Å². The molecule has 4 aromatic carbocycles. The number of anilines is 6. The molecular weight excluding hydrogens is 784 g/mol. The summed E-state index contributed by atoms with van der Waals surface area (Å²) in [6.45, 7) is 1.45. The molecule has 3 amide bonds. The number of amides is 3. The molecule has 0 aliphatic carbocycles. The van der Waals surface area contributed by atoms with Crippen LogP contribution in [-0.2, 0) is 11.0 Å². The summed E-state index contributed by atoms with van der Waals surface area (Å²) in [5.41, 5.74) is 17.3. The van der Waals surface area contributed by atoms with Gasteiger partial charge in [0.05, 0.1) is 49.2 Å².